The summed E-state index contributed by atoms with van der Waals surface area (Å²) in [7, 11) is 0. The van der Waals surface area contributed by atoms with Crippen molar-refractivity contribution in [1.29, 1.82) is 0 Å². The summed E-state index contributed by atoms with van der Waals surface area (Å²) in [6, 6.07) is -1.57. The van der Waals surface area contributed by atoms with Crippen molar-refractivity contribution in [2.24, 2.45) is 11.7 Å². The lowest BCUT2D eigenvalue weighted by Gasteiger charge is -2.26. The Hall–Kier alpha value is -1.67. The molecule has 134 valence electrons. The quantitative estimate of drug-likeness (QED) is 0.349. The maximum atomic E-state index is 12.1. The van der Waals surface area contributed by atoms with Gasteiger partial charge in [-0.3, -0.25) is 14.4 Å². The molecule has 0 aliphatic heterocycles. The largest absolute Gasteiger partial charge is 0.481 e. The molecule has 0 heterocycles. The highest BCUT2D eigenvalue weighted by Crippen LogP contribution is 2.11. The van der Waals surface area contributed by atoms with Crippen molar-refractivity contribution in [1.82, 2.24) is 10.6 Å². The molecule has 0 saturated heterocycles. The van der Waals surface area contributed by atoms with E-state index in [9.17, 15) is 19.5 Å². The third kappa shape index (κ3) is 9.85. The van der Waals surface area contributed by atoms with E-state index in [1.165, 1.54) is 0 Å². The molecule has 0 aromatic carbocycles. The Morgan fingerprint density at radius 1 is 1.22 bits per heavy atom. The molecule has 3 atom stereocenters. The van der Waals surface area contributed by atoms with Crippen molar-refractivity contribution in [2.75, 3.05) is 6.54 Å². The first kappa shape index (κ1) is 21.3. The van der Waals surface area contributed by atoms with E-state index in [0.29, 0.717) is 13.0 Å². The maximum absolute atomic E-state index is 12.1. The van der Waals surface area contributed by atoms with Gasteiger partial charge in [0.25, 0.3) is 0 Å². The van der Waals surface area contributed by atoms with Gasteiger partial charge in [0.05, 0.1) is 24.6 Å². The molecular formula is C15H29N3O5. The predicted octanol–water partition coefficient (Wildman–Crippen LogP) is -0.403. The van der Waals surface area contributed by atoms with Gasteiger partial charge in [0.2, 0.25) is 11.8 Å². The minimum absolute atomic E-state index is 0.134. The molecule has 0 spiro atoms. The number of nitrogens with two attached hydrogens (primary N) is 1. The van der Waals surface area contributed by atoms with E-state index in [4.69, 9.17) is 10.8 Å². The van der Waals surface area contributed by atoms with Gasteiger partial charge in [0.15, 0.2) is 0 Å². The van der Waals surface area contributed by atoms with E-state index in [-0.39, 0.29) is 24.7 Å². The van der Waals surface area contributed by atoms with Gasteiger partial charge in [0, 0.05) is 13.0 Å². The van der Waals surface area contributed by atoms with Crippen LogP contribution in [0.15, 0.2) is 0 Å². The number of rotatable bonds is 11. The van der Waals surface area contributed by atoms with E-state index in [1.54, 1.807) is 6.92 Å². The zero-order valence-corrected chi connectivity index (χ0v) is 14.0. The molecule has 2 amide bonds. The van der Waals surface area contributed by atoms with Crippen molar-refractivity contribution >= 4 is 17.8 Å². The van der Waals surface area contributed by atoms with Crippen LogP contribution in [0, 0.1) is 5.92 Å². The molecule has 23 heavy (non-hydrogen) atoms. The number of hydrogen-bond donors (Lipinski definition) is 5. The predicted molar refractivity (Wildman–Crippen MR) is 85.5 cm³/mol. The van der Waals surface area contributed by atoms with Gasteiger partial charge in [-0.2, -0.15) is 0 Å². The number of aliphatic hydroxyl groups excluding tert-OH is 1. The molecule has 0 saturated carbocycles. The molecule has 6 N–H and O–H groups in total. The standard InChI is InChI=1S/C15H29N3O5/c1-4-17-13(20)6-5-10(16)15(23)18-11(7-9(2)3)12(19)8-14(21)22/h9-12,19H,4-8,16H2,1-3H3,(H,17,20)(H,18,23)(H,21,22)/t10-,11-,12-/m0/s1. The topological polar surface area (TPSA) is 142 Å². The Bertz CT molecular complexity index is 401. The molecule has 0 fully saturated rings. The first-order valence-electron chi connectivity index (χ1n) is 7.89. The minimum atomic E-state index is -1.19. The Morgan fingerprint density at radius 3 is 2.30 bits per heavy atom. The van der Waals surface area contributed by atoms with Crippen molar-refractivity contribution in [3.8, 4) is 0 Å². The second-order valence-corrected chi connectivity index (χ2v) is 6.01. The summed E-state index contributed by atoms with van der Waals surface area (Å²) in [5.74, 6) is -1.65. The first-order valence-corrected chi connectivity index (χ1v) is 7.89. The van der Waals surface area contributed by atoms with Gasteiger partial charge in [-0.1, -0.05) is 13.8 Å². The monoisotopic (exact) mass is 331 g/mol. The summed E-state index contributed by atoms with van der Waals surface area (Å²) in [6.45, 7) is 6.12. The number of amides is 2. The number of carboxylic acid groups (broad SMARTS) is 1. The zero-order chi connectivity index (χ0) is 18.0. The molecule has 8 nitrogen and oxygen atoms in total. The summed E-state index contributed by atoms with van der Waals surface area (Å²) in [6.07, 6.45) is -0.889. The molecule has 0 aliphatic carbocycles. The summed E-state index contributed by atoms with van der Waals surface area (Å²) in [4.78, 5) is 34.1. The van der Waals surface area contributed by atoms with Gasteiger partial charge >= 0.3 is 5.97 Å². The third-order valence-electron chi connectivity index (χ3n) is 3.29. The molecule has 0 unspecified atom stereocenters. The lowest BCUT2D eigenvalue weighted by molar-refractivity contribution is -0.140. The smallest absolute Gasteiger partial charge is 0.306 e. The van der Waals surface area contributed by atoms with E-state index < -0.39 is 36.5 Å². The van der Waals surface area contributed by atoms with Crippen molar-refractivity contribution < 1.29 is 24.6 Å². The van der Waals surface area contributed by atoms with E-state index in [2.05, 4.69) is 10.6 Å². The van der Waals surface area contributed by atoms with Crippen LogP contribution in [-0.2, 0) is 14.4 Å². The van der Waals surface area contributed by atoms with Crippen LogP contribution in [-0.4, -0.2) is 52.7 Å². The Kier molecular flexibility index (Phi) is 10.2. The van der Waals surface area contributed by atoms with Crippen LogP contribution in [0.2, 0.25) is 0 Å². The first-order chi connectivity index (χ1) is 10.7. The van der Waals surface area contributed by atoms with Gasteiger partial charge in [0.1, 0.15) is 0 Å². The highest BCUT2D eigenvalue weighted by molar-refractivity contribution is 5.83. The third-order valence-corrected chi connectivity index (χ3v) is 3.29. The molecule has 0 radical (unpaired) electrons. The van der Waals surface area contributed by atoms with Crippen LogP contribution in [0.1, 0.15) is 46.5 Å². The molecule has 0 aromatic rings. The van der Waals surface area contributed by atoms with E-state index in [0.717, 1.165) is 0 Å². The average molecular weight is 331 g/mol. The number of carbonyl (C=O) groups excluding carboxylic acids is 2. The summed E-state index contributed by atoms with van der Waals surface area (Å²) in [5, 5.41) is 23.9. The van der Waals surface area contributed by atoms with Crippen molar-refractivity contribution in [2.45, 2.75) is 64.6 Å². The molecule has 8 heteroatoms. The van der Waals surface area contributed by atoms with Gasteiger partial charge < -0.3 is 26.6 Å². The number of carbonyl (C=O) groups is 3. The lowest BCUT2D eigenvalue weighted by atomic mass is 9.96. The Balaban J connectivity index is 4.56. The van der Waals surface area contributed by atoms with Crippen molar-refractivity contribution in [3.63, 3.8) is 0 Å². The van der Waals surface area contributed by atoms with Crippen LogP contribution >= 0.6 is 0 Å². The van der Waals surface area contributed by atoms with Crippen molar-refractivity contribution in [3.05, 3.63) is 0 Å². The number of carboxylic acids is 1. The van der Waals surface area contributed by atoms with Gasteiger partial charge in [-0.25, -0.2) is 0 Å². The summed E-state index contributed by atoms with van der Waals surface area (Å²) in [5.41, 5.74) is 5.75. The molecule has 0 aliphatic rings. The molecule has 0 bridgehead atoms. The SMILES string of the molecule is CCNC(=O)CC[C@H](N)C(=O)N[C@@H](CC(C)C)[C@@H](O)CC(=O)O. The van der Waals surface area contributed by atoms with Crippen LogP contribution < -0.4 is 16.4 Å². The van der Waals surface area contributed by atoms with Crippen LogP contribution in [0.5, 0.6) is 0 Å². The number of nitrogens with one attached hydrogen (secondary N) is 2. The summed E-state index contributed by atoms with van der Waals surface area (Å²) >= 11 is 0. The Morgan fingerprint density at radius 2 is 1.83 bits per heavy atom. The van der Waals surface area contributed by atoms with Crippen LogP contribution in [0.3, 0.4) is 0 Å². The average Bonchev–Trinajstić information content (AvgIpc) is 2.42. The zero-order valence-electron chi connectivity index (χ0n) is 14.0. The summed E-state index contributed by atoms with van der Waals surface area (Å²) < 4.78 is 0. The Labute approximate surface area is 136 Å². The highest BCUT2D eigenvalue weighted by atomic mass is 16.4. The molecule has 0 aromatic heterocycles. The normalized spacial score (nSPS) is 14.9. The van der Waals surface area contributed by atoms with E-state index >= 15 is 0 Å². The lowest BCUT2D eigenvalue weighted by Crippen LogP contribution is -2.50. The van der Waals surface area contributed by atoms with Crippen LogP contribution in [0.4, 0.5) is 0 Å². The van der Waals surface area contributed by atoms with Crippen LogP contribution in [0.25, 0.3) is 0 Å². The fourth-order valence-corrected chi connectivity index (χ4v) is 2.13. The van der Waals surface area contributed by atoms with Gasteiger partial charge in [-0.05, 0) is 25.7 Å². The number of hydrogen-bond acceptors (Lipinski definition) is 5. The minimum Gasteiger partial charge on any atom is -0.481 e. The van der Waals surface area contributed by atoms with E-state index in [1.807, 2.05) is 13.8 Å². The molecular weight excluding hydrogens is 302 g/mol. The maximum Gasteiger partial charge on any atom is 0.306 e. The number of aliphatic carboxylic acids is 1. The fourth-order valence-electron chi connectivity index (χ4n) is 2.13. The van der Waals surface area contributed by atoms with Gasteiger partial charge in [-0.15, -0.1) is 0 Å². The molecule has 0 rings (SSSR count). The highest BCUT2D eigenvalue weighted by Gasteiger charge is 2.26. The fraction of sp³-hybridized carbons (Fsp3) is 0.800. The second-order valence-electron chi connectivity index (χ2n) is 6.01. The second kappa shape index (κ2) is 11.0. The number of aliphatic hydroxyl groups is 1.